The normalized spacial score (nSPS) is 13.0. The van der Waals surface area contributed by atoms with Crippen molar-refractivity contribution in [3.8, 4) is 67.5 Å². The highest BCUT2D eigenvalue weighted by atomic mass is 16.3. The Bertz CT molecular complexity index is 2820. The Balaban J connectivity index is 1.19. The SMILES string of the molecule is CC1(C)c2cc(-c3nc(-c4ccccc4-c4ccccc4)nc(-c4cccc5c4oc4ccccc45)n3)ccc2-c2cccc(-c3ccccc3)c21. The summed E-state index contributed by atoms with van der Waals surface area (Å²) in [6.07, 6.45) is 0. The van der Waals surface area contributed by atoms with Gasteiger partial charge in [0.25, 0.3) is 0 Å². The Morgan fingerprint density at radius 3 is 1.75 bits per heavy atom. The van der Waals surface area contributed by atoms with Crippen molar-refractivity contribution in [3.05, 3.63) is 175 Å². The molecule has 2 heterocycles. The van der Waals surface area contributed by atoms with Gasteiger partial charge in [-0.15, -0.1) is 0 Å². The number of aromatic nitrogens is 3. The Morgan fingerprint density at radius 2 is 0.962 bits per heavy atom. The fourth-order valence-electron chi connectivity index (χ4n) is 8.10. The molecule has 0 amide bonds. The third-order valence-corrected chi connectivity index (χ3v) is 10.5. The van der Waals surface area contributed by atoms with Gasteiger partial charge in [0.1, 0.15) is 11.2 Å². The average Bonchev–Trinajstić information content (AvgIpc) is 3.70. The van der Waals surface area contributed by atoms with E-state index in [1.165, 1.54) is 33.4 Å². The molecule has 0 fully saturated rings. The number of hydrogen-bond acceptors (Lipinski definition) is 4. The average molecular weight is 668 g/mol. The van der Waals surface area contributed by atoms with Gasteiger partial charge < -0.3 is 4.42 Å². The minimum absolute atomic E-state index is 0.244. The number of rotatable bonds is 5. The van der Waals surface area contributed by atoms with Crippen molar-refractivity contribution in [1.29, 1.82) is 0 Å². The molecule has 2 aromatic heterocycles. The van der Waals surface area contributed by atoms with Crippen molar-refractivity contribution in [2.24, 2.45) is 0 Å². The van der Waals surface area contributed by atoms with Gasteiger partial charge in [-0.2, -0.15) is 0 Å². The molecule has 0 N–H and O–H groups in total. The van der Waals surface area contributed by atoms with E-state index in [4.69, 9.17) is 19.4 Å². The summed E-state index contributed by atoms with van der Waals surface area (Å²) in [5.74, 6) is 1.80. The maximum absolute atomic E-state index is 6.49. The molecule has 0 radical (unpaired) electrons. The second-order valence-corrected chi connectivity index (χ2v) is 14.0. The van der Waals surface area contributed by atoms with Crippen molar-refractivity contribution in [2.75, 3.05) is 0 Å². The number of hydrogen-bond donors (Lipinski definition) is 0. The summed E-state index contributed by atoms with van der Waals surface area (Å²) in [5.41, 5.74) is 13.9. The highest BCUT2D eigenvalue weighted by Gasteiger charge is 2.38. The molecular formula is C48H33N3O. The van der Waals surface area contributed by atoms with Crippen LogP contribution in [0.3, 0.4) is 0 Å². The number of nitrogens with zero attached hydrogens (tertiary/aromatic N) is 3. The van der Waals surface area contributed by atoms with Gasteiger partial charge in [0, 0.05) is 27.3 Å². The predicted molar refractivity (Wildman–Crippen MR) is 212 cm³/mol. The first-order valence-electron chi connectivity index (χ1n) is 17.7. The molecule has 0 saturated heterocycles. The maximum Gasteiger partial charge on any atom is 0.167 e. The first kappa shape index (κ1) is 30.2. The van der Waals surface area contributed by atoms with Crippen LogP contribution in [0.5, 0.6) is 0 Å². The van der Waals surface area contributed by atoms with E-state index in [2.05, 4.69) is 141 Å². The number of benzene rings is 7. The summed E-state index contributed by atoms with van der Waals surface area (Å²) >= 11 is 0. The van der Waals surface area contributed by atoms with Crippen molar-refractivity contribution >= 4 is 21.9 Å². The van der Waals surface area contributed by atoms with Crippen LogP contribution in [0.2, 0.25) is 0 Å². The molecular weight excluding hydrogens is 635 g/mol. The Morgan fingerprint density at radius 1 is 0.404 bits per heavy atom. The molecule has 4 heteroatoms. The molecule has 52 heavy (non-hydrogen) atoms. The van der Waals surface area contributed by atoms with E-state index >= 15 is 0 Å². The van der Waals surface area contributed by atoms with Gasteiger partial charge in [0.2, 0.25) is 0 Å². The summed E-state index contributed by atoms with van der Waals surface area (Å²) in [4.78, 5) is 15.7. The van der Waals surface area contributed by atoms with Crippen molar-refractivity contribution in [3.63, 3.8) is 0 Å². The van der Waals surface area contributed by atoms with E-state index in [9.17, 15) is 0 Å². The van der Waals surface area contributed by atoms with E-state index in [1.54, 1.807) is 0 Å². The van der Waals surface area contributed by atoms with Crippen LogP contribution in [0.15, 0.2) is 168 Å². The molecule has 10 rings (SSSR count). The molecule has 1 aliphatic rings. The fraction of sp³-hybridized carbons (Fsp3) is 0.0625. The Kier molecular flexibility index (Phi) is 6.80. The monoisotopic (exact) mass is 667 g/mol. The molecule has 1 aliphatic carbocycles. The molecule has 4 nitrogen and oxygen atoms in total. The van der Waals surface area contributed by atoms with Crippen LogP contribution in [0, 0.1) is 0 Å². The van der Waals surface area contributed by atoms with Crippen LogP contribution < -0.4 is 0 Å². The molecule has 0 unspecified atom stereocenters. The zero-order valence-electron chi connectivity index (χ0n) is 28.8. The van der Waals surface area contributed by atoms with Gasteiger partial charge in [-0.25, -0.2) is 15.0 Å². The highest BCUT2D eigenvalue weighted by molar-refractivity contribution is 6.09. The van der Waals surface area contributed by atoms with Crippen LogP contribution >= 0.6 is 0 Å². The summed E-state index contributed by atoms with van der Waals surface area (Å²) in [7, 11) is 0. The molecule has 0 spiro atoms. The van der Waals surface area contributed by atoms with E-state index < -0.39 is 0 Å². The molecule has 0 saturated carbocycles. The Hall–Kier alpha value is -6.65. The molecule has 0 bridgehead atoms. The minimum atomic E-state index is -0.244. The van der Waals surface area contributed by atoms with Crippen LogP contribution in [0.1, 0.15) is 25.0 Å². The molecule has 9 aromatic rings. The summed E-state index contributed by atoms with van der Waals surface area (Å²) in [5, 5.41) is 2.10. The van der Waals surface area contributed by atoms with E-state index in [-0.39, 0.29) is 5.41 Å². The standard InChI is InChI=1S/C48H33N3O/c1-48(2)41-29-32(27-28-35(41)37-23-13-22-34(43(37)48)31-17-7-4-8-18-31)45-49-46(39-21-10-9-19-33(39)30-15-5-3-6-16-30)51-47(50-45)40-25-14-24-38-36-20-11-12-26-42(36)52-44(38)40/h3-29H,1-2H3. The van der Waals surface area contributed by atoms with Crippen LogP contribution in [0.25, 0.3) is 89.5 Å². The summed E-state index contributed by atoms with van der Waals surface area (Å²) in [6, 6.07) is 57.2. The third-order valence-electron chi connectivity index (χ3n) is 10.5. The van der Waals surface area contributed by atoms with E-state index in [0.717, 1.165) is 49.8 Å². The van der Waals surface area contributed by atoms with Crippen LogP contribution in [0.4, 0.5) is 0 Å². The maximum atomic E-state index is 6.49. The second-order valence-electron chi connectivity index (χ2n) is 14.0. The van der Waals surface area contributed by atoms with Crippen molar-refractivity contribution < 1.29 is 4.42 Å². The molecule has 0 atom stereocenters. The van der Waals surface area contributed by atoms with Crippen LogP contribution in [-0.4, -0.2) is 15.0 Å². The molecule has 0 aliphatic heterocycles. The van der Waals surface area contributed by atoms with Gasteiger partial charge in [-0.05, 0) is 62.7 Å². The number of furan rings is 1. The van der Waals surface area contributed by atoms with E-state index in [0.29, 0.717) is 17.5 Å². The van der Waals surface area contributed by atoms with E-state index in [1.807, 2.05) is 36.4 Å². The van der Waals surface area contributed by atoms with Gasteiger partial charge in [0.05, 0.1) is 5.56 Å². The number of para-hydroxylation sites is 2. The zero-order valence-corrected chi connectivity index (χ0v) is 28.8. The Labute approximate surface area is 302 Å². The topological polar surface area (TPSA) is 51.8 Å². The van der Waals surface area contributed by atoms with Crippen molar-refractivity contribution in [1.82, 2.24) is 15.0 Å². The molecule has 246 valence electrons. The summed E-state index contributed by atoms with van der Waals surface area (Å²) < 4.78 is 6.49. The van der Waals surface area contributed by atoms with Gasteiger partial charge in [-0.1, -0.05) is 159 Å². The van der Waals surface area contributed by atoms with Crippen molar-refractivity contribution in [2.45, 2.75) is 19.3 Å². The fourth-order valence-corrected chi connectivity index (χ4v) is 8.10. The van der Waals surface area contributed by atoms with Crippen LogP contribution in [-0.2, 0) is 5.41 Å². The zero-order chi connectivity index (χ0) is 34.8. The molecule has 7 aromatic carbocycles. The first-order valence-corrected chi connectivity index (χ1v) is 17.7. The first-order chi connectivity index (χ1) is 25.5. The lowest BCUT2D eigenvalue weighted by atomic mass is 9.78. The lowest BCUT2D eigenvalue weighted by Crippen LogP contribution is -2.16. The number of fused-ring (bicyclic) bond motifs is 6. The van der Waals surface area contributed by atoms with Gasteiger partial charge in [0.15, 0.2) is 17.5 Å². The van der Waals surface area contributed by atoms with Gasteiger partial charge in [-0.3, -0.25) is 0 Å². The second kappa shape index (κ2) is 11.7. The highest BCUT2D eigenvalue weighted by Crippen LogP contribution is 2.53. The summed E-state index contributed by atoms with van der Waals surface area (Å²) in [6.45, 7) is 4.66. The minimum Gasteiger partial charge on any atom is -0.455 e. The lowest BCUT2D eigenvalue weighted by molar-refractivity contribution is 0.662. The van der Waals surface area contributed by atoms with Gasteiger partial charge >= 0.3 is 0 Å². The predicted octanol–water partition coefficient (Wildman–Crippen LogP) is 12.4. The smallest absolute Gasteiger partial charge is 0.167 e. The quantitative estimate of drug-likeness (QED) is 0.183. The largest absolute Gasteiger partial charge is 0.455 e. The third kappa shape index (κ3) is 4.72. The lowest BCUT2D eigenvalue weighted by Gasteiger charge is -2.25.